The number of aliphatic imine (C=N–C) groups is 1. The van der Waals surface area contributed by atoms with E-state index < -0.39 is 0 Å². The van der Waals surface area contributed by atoms with Gasteiger partial charge in [0.1, 0.15) is 5.82 Å². The van der Waals surface area contributed by atoms with E-state index in [1.54, 1.807) is 18.4 Å². The van der Waals surface area contributed by atoms with E-state index in [9.17, 15) is 4.39 Å². The standard InChI is InChI=1S/C18H22BrFN4S.HI/c1-21-18(22-12-13-9-14(19)11-15(20)10-13)23-16-4-6-24(7-5-16)17-3-2-8-25-17;/h2-3,8-11,16H,4-7,12H2,1H3,(H2,21,22,23);1H. The first-order chi connectivity index (χ1) is 12.1. The van der Waals surface area contributed by atoms with Gasteiger partial charge < -0.3 is 15.5 Å². The zero-order valence-electron chi connectivity index (χ0n) is 14.5. The summed E-state index contributed by atoms with van der Waals surface area (Å²) in [6, 6.07) is 9.57. The third kappa shape index (κ3) is 6.09. The number of rotatable bonds is 4. The second-order valence-electron chi connectivity index (χ2n) is 6.06. The highest BCUT2D eigenvalue weighted by Crippen LogP contribution is 2.24. The third-order valence-electron chi connectivity index (χ3n) is 4.26. The molecule has 4 nitrogen and oxygen atoms in total. The van der Waals surface area contributed by atoms with Crippen molar-refractivity contribution in [3.63, 3.8) is 0 Å². The summed E-state index contributed by atoms with van der Waals surface area (Å²) in [5.74, 6) is 0.519. The van der Waals surface area contributed by atoms with Gasteiger partial charge in [0, 0.05) is 37.2 Å². The molecule has 1 fully saturated rings. The van der Waals surface area contributed by atoms with Crippen LogP contribution in [0.3, 0.4) is 0 Å². The smallest absolute Gasteiger partial charge is 0.191 e. The number of piperidine rings is 1. The van der Waals surface area contributed by atoms with E-state index in [1.807, 2.05) is 6.07 Å². The minimum atomic E-state index is -0.241. The maximum atomic E-state index is 13.5. The van der Waals surface area contributed by atoms with Crippen molar-refractivity contribution in [1.82, 2.24) is 10.6 Å². The number of nitrogens with zero attached hydrogens (tertiary/aromatic N) is 2. The molecule has 2 N–H and O–H groups in total. The van der Waals surface area contributed by atoms with Crippen LogP contribution in [0.15, 0.2) is 45.2 Å². The van der Waals surface area contributed by atoms with E-state index in [1.165, 1.54) is 17.1 Å². The van der Waals surface area contributed by atoms with Crippen LogP contribution in [0, 0.1) is 5.82 Å². The molecule has 0 aliphatic carbocycles. The van der Waals surface area contributed by atoms with Gasteiger partial charge in [-0.05, 0) is 54.1 Å². The molecule has 0 amide bonds. The molecule has 0 atom stereocenters. The number of guanidine groups is 1. The molecule has 0 spiro atoms. The first kappa shape index (κ1) is 21.4. The van der Waals surface area contributed by atoms with Gasteiger partial charge in [-0.25, -0.2) is 4.39 Å². The Labute approximate surface area is 183 Å². The summed E-state index contributed by atoms with van der Waals surface area (Å²) in [6.45, 7) is 2.63. The third-order valence-corrected chi connectivity index (χ3v) is 5.65. The lowest BCUT2D eigenvalue weighted by Gasteiger charge is -2.33. The van der Waals surface area contributed by atoms with E-state index in [-0.39, 0.29) is 29.8 Å². The van der Waals surface area contributed by atoms with Crippen LogP contribution in [0.4, 0.5) is 9.39 Å². The molecule has 0 radical (unpaired) electrons. The quantitative estimate of drug-likeness (QED) is 0.331. The van der Waals surface area contributed by atoms with Crippen molar-refractivity contribution in [3.05, 3.63) is 51.6 Å². The van der Waals surface area contributed by atoms with E-state index >= 15 is 0 Å². The lowest BCUT2D eigenvalue weighted by molar-refractivity contribution is 0.462. The Balaban J connectivity index is 0.00000243. The fraction of sp³-hybridized carbons (Fsp3) is 0.389. The number of halogens is 3. The van der Waals surface area contributed by atoms with Crippen LogP contribution in [-0.2, 0) is 6.54 Å². The monoisotopic (exact) mass is 552 g/mol. The zero-order valence-corrected chi connectivity index (χ0v) is 19.3. The van der Waals surface area contributed by atoms with Crippen molar-refractivity contribution >= 4 is 62.2 Å². The van der Waals surface area contributed by atoms with Gasteiger partial charge in [0.05, 0.1) is 5.00 Å². The number of hydrogen-bond acceptors (Lipinski definition) is 3. The first-order valence-corrected chi connectivity index (χ1v) is 10.0. The van der Waals surface area contributed by atoms with Crippen LogP contribution < -0.4 is 15.5 Å². The Hall–Kier alpha value is -0.870. The fourth-order valence-corrected chi connectivity index (χ4v) is 4.28. The summed E-state index contributed by atoms with van der Waals surface area (Å²) in [5.41, 5.74) is 0.877. The SMILES string of the molecule is CN=C(NCc1cc(F)cc(Br)c1)NC1CCN(c2cccs2)CC1.I. The van der Waals surface area contributed by atoms with Crippen LogP contribution >= 0.6 is 51.2 Å². The molecule has 2 heterocycles. The van der Waals surface area contributed by atoms with Gasteiger partial charge in [-0.3, -0.25) is 4.99 Å². The molecular formula is C18H23BrFIN4S. The number of nitrogens with one attached hydrogen (secondary N) is 2. The molecule has 0 unspecified atom stereocenters. The molecule has 1 aromatic carbocycles. The molecule has 0 bridgehead atoms. The Kier molecular flexibility index (Phi) is 8.62. The Morgan fingerprint density at radius 3 is 2.73 bits per heavy atom. The van der Waals surface area contributed by atoms with Crippen molar-refractivity contribution in [2.24, 2.45) is 4.99 Å². The summed E-state index contributed by atoms with van der Waals surface area (Å²) < 4.78 is 14.2. The van der Waals surface area contributed by atoms with E-state index in [4.69, 9.17) is 0 Å². The molecule has 26 heavy (non-hydrogen) atoms. The highest BCUT2D eigenvalue weighted by molar-refractivity contribution is 14.0. The van der Waals surface area contributed by atoms with Gasteiger partial charge in [0.25, 0.3) is 0 Å². The lowest BCUT2D eigenvalue weighted by atomic mass is 10.1. The summed E-state index contributed by atoms with van der Waals surface area (Å²) in [6.07, 6.45) is 2.15. The van der Waals surface area contributed by atoms with Gasteiger partial charge in [-0.2, -0.15) is 0 Å². The predicted molar refractivity (Wildman–Crippen MR) is 122 cm³/mol. The second kappa shape index (κ2) is 10.5. The minimum Gasteiger partial charge on any atom is -0.363 e. The molecule has 2 aromatic rings. The summed E-state index contributed by atoms with van der Waals surface area (Å²) >= 11 is 5.11. The molecule has 1 saturated heterocycles. The summed E-state index contributed by atoms with van der Waals surface area (Å²) in [7, 11) is 1.76. The summed E-state index contributed by atoms with van der Waals surface area (Å²) in [5, 5.41) is 10.2. The highest BCUT2D eigenvalue weighted by atomic mass is 127. The predicted octanol–water partition coefficient (Wildman–Crippen LogP) is 4.60. The second-order valence-corrected chi connectivity index (χ2v) is 7.90. The van der Waals surface area contributed by atoms with E-state index in [0.717, 1.165) is 41.9 Å². The molecule has 3 rings (SSSR count). The molecule has 142 valence electrons. The average molecular weight is 553 g/mol. The number of hydrogen-bond donors (Lipinski definition) is 2. The molecule has 1 aliphatic heterocycles. The van der Waals surface area contributed by atoms with Crippen molar-refractivity contribution in [2.45, 2.75) is 25.4 Å². The number of anilines is 1. The largest absolute Gasteiger partial charge is 0.363 e. The Bertz CT molecular complexity index is 698. The van der Waals surface area contributed by atoms with Crippen LogP contribution in [0.2, 0.25) is 0 Å². The Morgan fingerprint density at radius 2 is 2.12 bits per heavy atom. The van der Waals surface area contributed by atoms with Crippen LogP contribution in [0.25, 0.3) is 0 Å². The average Bonchev–Trinajstić information content (AvgIpc) is 3.13. The van der Waals surface area contributed by atoms with Gasteiger partial charge in [-0.1, -0.05) is 15.9 Å². The normalized spacial score (nSPS) is 15.5. The number of benzene rings is 1. The van der Waals surface area contributed by atoms with Gasteiger partial charge in [-0.15, -0.1) is 35.3 Å². The molecule has 8 heteroatoms. The zero-order chi connectivity index (χ0) is 17.6. The van der Waals surface area contributed by atoms with Gasteiger partial charge >= 0.3 is 0 Å². The van der Waals surface area contributed by atoms with Crippen molar-refractivity contribution in [2.75, 3.05) is 25.0 Å². The van der Waals surface area contributed by atoms with Crippen molar-refractivity contribution < 1.29 is 4.39 Å². The fourth-order valence-electron chi connectivity index (χ4n) is 2.98. The van der Waals surface area contributed by atoms with Crippen molar-refractivity contribution in [1.29, 1.82) is 0 Å². The maximum Gasteiger partial charge on any atom is 0.191 e. The first-order valence-electron chi connectivity index (χ1n) is 8.34. The number of thiophene rings is 1. The Morgan fingerprint density at radius 1 is 1.35 bits per heavy atom. The highest BCUT2D eigenvalue weighted by Gasteiger charge is 2.20. The molecular weight excluding hydrogens is 530 g/mol. The van der Waals surface area contributed by atoms with E-state index in [2.05, 4.69) is 54.0 Å². The van der Waals surface area contributed by atoms with E-state index in [0.29, 0.717) is 12.6 Å². The van der Waals surface area contributed by atoms with Crippen molar-refractivity contribution in [3.8, 4) is 0 Å². The van der Waals surface area contributed by atoms with Crippen LogP contribution in [-0.4, -0.2) is 32.1 Å². The molecule has 0 saturated carbocycles. The van der Waals surface area contributed by atoms with Gasteiger partial charge in [0.2, 0.25) is 0 Å². The lowest BCUT2D eigenvalue weighted by Crippen LogP contribution is -2.48. The van der Waals surface area contributed by atoms with Gasteiger partial charge in [0.15, 0.2) is 5.96 Å². The van der Waals surface area contributed by atoms with Crippen LogP contribution in [0.1, 0.15) is 18.4 Å². The maximum absolute atomic E-state index is 13.5. The minimum absolute atomic E-state index is 0. The molecule has 1 aromatic heterocycles. The molecule has 1 aliphatic rings. The topological polar surface area (TPSA) is 39.7 Å². The van der Waals surface area contributed by atoms with Crippen LogP contribution in [0.5, 0.6) is 0 Å². The summed E-state index contributed by atoms with van der Waals surface area (Å²) in [4.78, 5) is 6.72.